The predicted molar refractivity (Wildman–Crippen MR) is 59.3 cm³/mol. The van der Waals surface area contributed by atoms with Crippen LogP contribution in [0.1, 0.15) is 18.9 Å². The van der Waals surface area contributed by atoms with Gasteiger partial charge in [0.25, 0.3) is 0 Å². The molecule has 0 saturated carbocycles. The first kappa shape index (κ1) is 10.0. The van der Waals surface area contributed by atoms with Gasteiger partial charge in [-0.15, -0.1) is 0 Å². The summed E-state index contributed by atoms with van der Waals surface area (Å²) >= 11 is 0. The number of anilines is 1. The van der Waals surface area contributed by atoms with Crippen LogP contribution in [-0.2, 0) is 4.79 Å². The van der Waals surface area contributed by atoms with Crippen molar-refractivity contribution < 1.29 is 9.53 Å². The van der Waals surface area contributed by atoms with Gasteiger partial charge in [-0.05, 0) is 31.5 Å². The minimum Gasteiger partial charge on any atom is -0.488 e. The third-order valence-corrected chi connectivity index (χ3v) is 2.64. The fraction of sp³-hybridized carbons (Fsp3) is 0.417. The molecule has 1 aromatic rings. The van der Waals surface area contributed by atoms with Crippen molar-refractivity contribution in [3.63, 3.8) is 0 Å². The third-order valence-electron chi connectivity index (χ3n) is 2.64. The number of carbonyl (C=O) groups excluding carboxylic acids is 1. The minimum atomic E-state index is -0.0519. The number of aryl methyl sites for hydroxylation is 1. The van der Waals surface area contributed by atoms with E-state index in [4.69, 9.17) is 4.74 Å². The van der Waals surface area contributed by atoms with E-state index in [2.05, 4.69) is 0 Å². The second kappa shape index (κ2) is 3.57. The summed E-state index contributed by atoms with van der Waals surface area (Å²) in [6.45, 7) is 3.92. The Bertz CT molecular complexity index is 401. The fourth-order valence-electron chi connectivity index (χ4n) is 1.76. The molecule has 0 aromatic heterocycles. The van der Waals surface area contributed by atoms with E-state index in [9.17, 15) is 4.79 Å². The Kier molecular flexibility index (Phi) is 2.39. The maximum Gasteiger partial charge on any atom is 0.230 e. The van der Waals surface area contributed by atoms with Gasteiger partial charge in [0, 0.05) is 7.05 Å². The number of carbonyl (C=O) groups is 1. The molecule has 80 valence electrons. The lowest BCUT2D eigenvalue weighted by molar-refractivity contribution is -0.119. The van der Waals surface area contributed by atoms with Gasteiger partial charge >= 0.3 is 0 Å². The quantitative estimate of drug-likeness (QED) is 0.649. The van der Waals surface area contributed by atoms with Crippen LogP contribution in [0.4, 0.5) is 5.69 Å². The number of amides is 1. The van der Waals surface area contributed by atoms with Crippen LogP contribution >= 0.6 is 0 Å². The normalized spacial score (nSPS) is 20.6. The number of ether oxygens (including phenoxy) is 1. The molecule has 15 heavy (non-hydrogen) atoms. The van der Waals surface area contributed by atoms with Crippen LogP contribution in [0, 0.1) is 6.92 Å². The van der Waals surface area contributed by atoms with Crippen LogP contribution in [0.3, 0.4) is 0 Å². The van der Waals surface area contributed by atoms with Crippen LogP contribution in [0.5, 0.6) is 5.75 Å². The third kappa shape index (κ3) is 1.82. The molecule has 0 radical (unpaired) electrons. The number of nitrogens with zero attached hydrogens (tertiary/aromatic N) is 1. The molecule has 1 amide bonds. The molecule has 3 heteroatoms. The average Bonchev–Trinajstić information content (AvgIpc) is 2.27. The van der Waals surface area contributed by atoms with Gasteiger partial charge in [-0.2, -0.15) is 0 Å². The molecule has 0 aliphatic carbocycles. The number of hydrogen-bond donors (Lipinski definition) is 0. The second-order valence-electron chi connectivity index (χ2n) is 4.06. The van der Waals surface area contributed by atoms with Crippen molar-refractivity contribution in [2.45, 2.75) is 26.4 Å². The molecule has 1 aliphatic heterocycles. The smallest absolute Gasteiger partial charge is 0.230 e. The minimum absolute atomic E-state index is 0.0519. The monoisotopic (exact) mass is 205 g/mol. The highest BCUT2D eigenvalue weighted by atomic mass is 16.5. The Hall–Kier alpha value is -1.51. The second-order valence-corrected chi connectivity index (χ2v) is 4.06. The topological polar surface area (TPSA) is 29.5 Å². The maximum absolute atomic E-state index is 11.7. The molecule has 0 spiro atoms. The first-order valence-corrected chi connectivity index (χ1v) is 5.12. The van der Waals surface area contributed by atoms with Gasteiger partial charge in [0.15, 0.2) is 0 Å². The van der Waals surface area contributed by atoms with Gasteiger partial charge < -0.3 is 9.64 Å². The lowest BCUT2D eigenvalue weighted by Crippen LogP contribution is -2.27. The summed E-state index contributed by atoms with van der Waals surface area (Å²) in [6, 6.07) is 5.90. The molecule has 3 nitrogen and oxygen atoms in total. The zero-order valence-electron chi connectivity index (χ0n) is 9.28. The van der Waals surface area contributed by atoms with Crippen LogP contribution in [0.25, 0.3) is 0 Å². The van der Waals surface area contributed by atoms with Crippen molar-refractivity contribution >= 4 is 11.6 Å². The summed E-state index contributed by atoms with van der Waals surface area (Å²) in [5.41, 5.74) is 2.00. The zero-order valence-corrected chi connectivity index (χ0v) is 9.28. The number of hydrogen-bond acceptors (Lipinski definition) is 2. The standard InChI is InChI=1S/C12H15NO2/c1-8-4-5-11-10(6-8)13(3)12(14)7-9(2)15-11/h4-6,9H,7H2,1-3H3. The predicted octanol–water partition coefficient (Wildman–Crippen LogP) is 2.13. The summed E-state index contributed by atoms with van der Waals surface area (Å²) in [4.78, 5) is 13.4. The molecule has 1 aliphatic rings. The Morgan fingerprint density at radius 2 is 2.20 bits per heavy atom. The number of rotatable bonds is 0. The number of fused-ring (bicyclic) bond motifs is 1. The molecule has 1 heterocycles. The van der Waals surface area contributed by atoms with Gasteiger partial charge in [0.05, 0.1) is 12.1 Å². The molecule has 1 atom stereocenters. The Morgan fingerprint density at radius 3 is 2.93 bits per heavy atom. The number of benzene rings is 1. The summed E-state index contributed by atoms with van der Waals surface area (Å²) in [5, 5.41) is 0. The van der Waals surface area contributed by atoms with Gasteiger partial charge in [0.1, 0.15) is 11.9 Å². The molecule has 0 bridgehead atoms. The van der Waals surface area contributed by atoms with Crippen molar-refractivity contribution in [1.82, 2.24) is 0 Å². The van der Waals surface area contributed by atoms with Crippen molar-refractivity contribution in [3.05, 3.63) is 23.8 Å². The molecule has 0 N–H and O–H groups in total. The highest BCUT2D eigenvalue weighted by Crippen LogP contribution is 2.32. The largest absolute Gasteiger partial charge is 0.488 e. The molecule has 1 unspecified atom stereocenters. The van der Waals surface area contributed by atoms with Crippen molar-refractivity contribution in [3.8, 4) is 5.75 Å². The van der Waals surface area contributed by atoms with Gasteiger partial charge in [0.2, 0.25) is 5.91 Å². The first-order valence-electron chi connectivity index (χ1n) is 5.12. The average molecular weight is 205 g/mol. The summed E-state index contributed by atoms with van der Waals surface area (Å²) in [5.74, 6) is 0.897. The molecule has 0 fully saturated rings. The summed E-state index contributed by atoms with van der Waals surface area (Å²) in [6.07, 6.45) is 0.383. The SMILES string of the molecule is Cc1ccc2c(c1)N(C)C(=O)CC(C)O2. The van der Waals surface area contributed by atoms with Gasteiger partial charge in [-0.25, -0.2) is 0 Å². The Labute approximate surface area is 89.7 Å². The van der Waals surface area contributed by atoms with E-state index in [1.165, 1.54) is 0 Å². The highest BCUT2D eigenvalue weighted by molar-refractivity contribution is 5.95. The van der Waals surface area contributed by atoms with Crippen molar-refractivity contribution in [2.24, 2.45) is 0 Å². The maximum atomic E-state index is 11.7. The molecule has 0 saturated heterocycles. The van der Waals surface area contributed by atoms with Crippen LogP contribution in [0.2, 0.25) is 0 Å². The summed E-state index contributed by atoms with van der Waals surface area (Å²) < 4.78 is 5.69. The summed E-state index contributed by atoms with van der Waals surface area (Å²) in [7, 11) is 1.79. The molecule has 1 aromatic carbocycles. The van der Waals surface area contributed by atoms with Crippen LogP contribution in [0.15, 0.2) is 18.2 Å². The lowest BCUT2D eigenvalue weighted by Gasteiger charge is -2.16. The zero-order chi connectivity index (χ0) is 11.0. The van der Waals surface area contributed by atoms with Crippen LogP contribution < -0.4 is 9.64 Å². The van der Waals surface area contributed by atoms with Crippen molar-refractivity contribution in [2.75, 3.05) is 11.9 Å². The molecular formula is C12H15NO2. The lowest BCUT2D eigenvalue weighted by atomic mass is 10.2. The van der Waals surface area contributed by atoms with E-state index in [1.54, 1.807) is 11.9 Å². The Balaban J connectivity index is 2.50. The van der Waals surface area contributed by atoms with Gasteiger partial charge in [-0.3, -0.25) is 4.79 Å². The fourth-order valence-corrected chi connectivity index (χ4v) is 1.76. The van der Waals surface area contributed by atoms with Gasteiger partial charge in [-0.1, -0.05) is 6.07 Å². The van der Waals surface area contributed by atoms with E-state index in [0.717, 1.165) is 17.0 Å². The van der Waals surface area contributed by atoms with E-state index in [1.807, 2.05) is 32.0 Å². The van der Waals surface area contributed by atoms with E-state index < -0.39 is 0 Å². The van der Waals surface area contributed by atoms with E-state index in [0.29, 0.717) is 6.42 Å². The molecular weight excluding hydrogens is 190 g/mol. The van der Waals surface area contributed by atoms with E-state index >= 15 is 0 Å². The Morgan fingerprint density at radius 1 is 1.47 bits per heavy atom. The van der Waals surface area contributed by atoms with Crippen LogP contribution in [-0.4, -0.2) is 19.1 Å². The first-order chi connectivity index (χ1) is 7.08. The van der Waals surface area contributed by atoms with Crippen molar-refractivity contribution in [1.29, 1.82) is 0 Å². The van der Waals surface area contributed by atoms with E-state index in [-0.39, 0.29) is 12.0 Å². The molecule has 2 rings (SSSR count). The highest BCUT2D eigenvalue weighted by Gasteiger charge is 2.23.